The van der Waals surface area contributed by atoms with Crippen LogP contribution < -0.4 is 0 Å². The highest BCUT2D eigenvalue weighted by molar-refractivity contribution is 7.49. The largest absolute Gasteiger partial charge is 0.530 e. The topological polar surface area (TPSA) is 89.5 Å². The number of rotatable bonds is 6. The summed E-state index contributed by atoms with van der Waals surface area (Å²) in [6, 6.07) is 18.0. The molecule has 2 aromatic carbocycles. The van der Waals surface area contributed by atoms with Gasteiger partial charge in [0.25, 0.3) is 0 Å². The van der Waals surface area contributed by atoms with Gasteiger partial charge in [-0.15, -0.1) is 0 Å². The van der Waals surface area contributed by atoms with Crippen LogP contribution in [0.2, 0.25) is 0 Å². The van der Waals surface area contributed by atoms with Crippen LogP contribution in [0.3, 0.4) is 0 Å². The molecule has 8 nitrogen and oxygen atoms in total. The van der Waals surface area contributed by atoms with Gasteiger partial charge < -0.3 is 9.05 Å². The number of phosphoric acid groups is 2. The van der Waals surface area contributed by atoms with E-state index in [4.69, 9.17) is 27.1 Å². The standard InChI is InChI=1S/C21H22O8P2/c1-17(19-9-5-3-6-10-19)28-30(22)24-13-21(14-25-30)15-26-31(23,27-16-21)29-18(2)20-11-7-4-8-12-20/h3-12H,1-2,13-16H2. The van der Waals surface area contributed by atoms with Crippen molar-refractivity contribution in [2.45, 2.75) is 0 Å². The van der Waals surface area contributed by atoms with Crippen LogP contribution in [0, 0.1) is 5.41 Å². The van der Waals surface area contributed by atoms with Gasteiger partial charge in [-0.3, -0.25) is 18.1 Å². The third-order valence-corrected chi connectivity index (χ3v) is 7.42. The van der Waals surface area contributed by atoms with Gasteiger partial charge in [0, 0.05) is 11.1 Å². The minimum absolute atomic E-state index is 0.0357. The van der Waals surface area contributed by atoms with E-state index in [1.54, 1.807) is 48.5 Å². The van der Waals surface area contributed by atoms with E-state index in [0.717, 1.165) is 0 Å². The smallest absolute Gasteiger partial charge is 0.404 e. The van der Waals surface area contributed by atoms with Gasteiger partial charge in [0.05, 0.1) is 31.8 Å². The zero-order chi connectivity index (χ0) is 22.0. The van der Waals surface area contributed by atoms with Gasteiger partial charge in [0.15, 0.2) is 0 Å². The van der Waals surface area contributed by atoms with Crippen LogP contribution >= 0.6 is 15.6 Å². The van der Waals surface area contributed by atoms with Gasteiger partial charge >= 0.3 is 15.6 Å². The van der Waals surface area contributed by atoms with Gasteiger partial charge in [0.2, 0.25) is 0 Å². The first-order valence-electron chi connectivity index (χ1n) is 9.47. The second kappa shape index (κ2) is 8.75. The van der Waals surface area contributed by atoms with Crippen molar-refractivity contribution < 1.29 is 36.3 Å². The first kappa shape index (κ1) is 22.0. The lowest BCUT2D eigenvalue weighted by Gasteiger charge is -2.41. The van der Waals surface area contributed by atoms with Gasteiger partial charge in [-0.2, -0.15) is 0 Å². The minimum atomic E-state index is -3.85. The Balaban J connectivity index is 1.32. The lowest BCUT2D eigenvalue weighted by molar-refractivity contribution is -0.0876. The van der Waals surface area contributed by atoms with Crippen molar-refractivity contribution in [3.8, 4) is 0 Å². The molecular formula is C21H22O8P2. The van der Waals surface area contributed by atoms with Crippen LogP contribution in [0.1, 0.15) is 11.1 Å². The Labute approximate surface area is 180 Å². The predicted molar refractivity (Wildman–Crippen MR) is 115 cm³/mol. The Kier molecular flexibility index (Phi) is 6.22. The molecule has 10 heteroatoms. The monoisotopic (exact) mass is 464 g/mol. The normalized spacial score (nSPS) is 30.5. The summed E-state index contributed by atoms with van der Waals surface area (Å²) in [5.74, 6) is 0.349. The SMILES string of the molecule is C=C(OP1(=O)OCC2(CO1)COP(=O)(OC(=C)c1ccccc1)OC2)c1ccccc1. The minimum Gasteiger partial charge on any atom is -0.404 e. The molecule has 0 bridgehead atoms. The molecule has 0 aliphatic carbocycles. The van der Waals surface area contributed by atoms with Crippen molar-refractivity contribution >= 4 is 27.2 Å². The molecule has 2 aliphatic heterocycles. The van der Waals surface area contributed by atoms with Crippen molar-refractivity contribution in [1.82, 2.24) is 0 Å². The second-order valence-corrected chi connectivity index (χ2v) is 10.4. The second-order valence-electron chi connectivity index (χ2n) is 7.25. The summed E-state index contributed by atoms with van der Waals surface area (Å²) in [6.45, 7) is 7.41. The lowest BCUT2D eigenvalue weighted by Crippen LogP contribution is -2.45. The lowest BCUT2D eigenvalue weighted by atomic mass is 9.93. The molecule has 2 fully saturated rings. The third-order valence-electron chi connectivity index (χ3n) is 4.75. The Morgan fingerprint density at radius 3 is 1.32 bits per heavy atom. The fraction of sp³-hybridized carbons (Fsp3) is 0.238. The van der Waals surface area contributed by atoms with E-state index in [2.05, 4.69) is 13.2 Å². The first-order valence-corrected chi connectivity index (χ1v) is 12.4. The molecule has 0 N–H and O–H groups in total. The van der Waals surface area contributed by atoms with Gasteiger partial charge in [0.1, 0.15) is 11.5 Å². The number of hydrogen-bond donors (Lipinski definition) is 0. The molecular weight excluding hydrogens is 442 g/mol. The summed E-state index contributed by atoms with van der Waals surface area (Å²) in [4.78, 5) is 0. The number of hydrogen-bond acceptors (Lipinski definition) is 8. The molecule has 1 spiro atoms. The van der Waals surface area contributed by atoms with E-state index in [9.17, 15) is 9.13 Å². The van der Waals surface area contributed by atoms with Gasteiger partial charge in [-0.1, -0.05) is 73.8 Å². The van der Waals surface area contributed by atoms with Crippen LogP contribution in [0.15, 0.2) is 73.8 Å². The van der Waals surface area contributed by atoms with Crippen molar-refractivity contribution in [1.29, 1.82) is 0 Å². The van der Waals surface area contributed by atoms with Gasteiger partial charge in [-0.05, 0) is 0 Å². The van der Waals surface area contributed by atoms with Crippen LogP contribution in [-0.2, 0) is 36.3 Å². The van der Waals surface area contributed by atoms with E-state index in [1.165, 1.54) is 0 Å². The van der Waals surface area contributed by atoms with E-state index in [-0.39, 0.29) is 37.9 Å². The molecule has 2 heterocycles. The number of phosphoric ester groups is 2. The average Bonchev–Trinajstić information content (AvgIpc) is 2.79. The molecule has 164 valence electrons. The highest BCUT2D eigenvalue weighted by Crippen LogP contribution is 2.61. The fourth-order valence-electron chi connectivity index (χ4n) is 2.92. The summed E-state index contributed by atoms with van der Waals surface area (Å²) in [7, 11) is -7.70. The average molecular weight is 464 g/mol. The Morgan fingerprint density at radius 2 is 1.00 bits per heavy atom. The van der Waals surface area contributed by atoms with Crippen molar-refractivity contribution in [2.75, 3.05) is 26.4 Å². The quantitative estimate of drug-likeness (QED) is 0.400. The molecule has 0 saturated carbocycles. The molecule has 0 radical (unpaired) electrons. The van der Waals surface area contributed by atoms with E-state index in [0.29, 0.717) is 11.1 Å². The zero-order valence-electron chi connectivity index (χ0n) is 16.7. The van der Waals surface area contributed by atoms with Crippen molar-refractivity contribution in [3.05, 3.63) is 84.9 Å². The fourth-order valence-corrected chi connectivity index (χ4v) is 5.76. The van der Waals surface area contributed by atoms with E-state index >= 15 is 0 Å². The molecule has 0 amide bonds. The molecule has 0 aromatic heterocycles. The molecule has 31 heavy (non-hydrogen) atoms. The van der Waals surface area contributed by atoms with Crippen molar-refractivity contribution in [3.63, 3.8) is 0 Å². The molecule has 2 aromatic rings. The first-order chi connectivity index (χ1) is 14.8. The maximum atomic E-state index is 12.8. The predicted octanol–water partition coefficient (Wildman–Crippen LogP) is 5.66. The summed E-state index contributed by atoms with van der Waals surface area (Å²) in [5.41, 5.74) is 0.522. The molecule has 2 aliphatic rings. The molecule has 4 rings (SSSR count). The Bertz CT molecular complexity index is 941. The maximum absolute atomic E-state index is 12.8. The van der Waals surface area contributed by atoms with E-state index < -0.39 is 21.1 Å². The number of benzene rings is 2. The summed E-state index contributed by atoms with van der Waals surface area (Å²) >= 11 is 0. The van der Waals surface area contributed by atoms with Crippen LogP contribution in [-0.4, -0.2) is 26.4 Å². The van der Waals surface area contributed by atoms with Gasteiger partial charge in [-0.25, -0.2) is 9.13 Å². The summed E-state index contributed by atoms with van der Waals surface area (Å²) < 4.78 is 58.0. The Morgan fingerprint density at radius 1 is 0.677 bits per heavy atom. The Hall–Kier alpha value is -2.18. The zero-order valence-corrected chi connectivity index (χ0v) is 18.5. The highest BCUT2D eigenvalue weighted by atomic mass is 31.2. The highest BCUT2D eigenvalue weighted by Gasteiger charge is 2.51. The van der Waals surface area contributed by atoms with Crippen LogP contribution in [0.25, 0.3) is 11.5 Å². The molecule has 0 atom stereocenters. The summed E-state index contributed by atoms with van der Waals surface area (Å²) in [5, 5.41) is 0. The van der Waals surface area contributed by atoms with Crippen LogP contribution in [0.5, 0.6) is 0 Å². The van der Waals surface area contributed by atoms with Crippen molar-refractivity contribution in [2.24, 2.45) is 5.41 Å². The van der Waals surface area contributed by atoms with Crippen LogP contribution in [0.4, 0.5) is 0 Å². The summed E-state index contributed by atoms with van der Waals surface area (Å²) in [6.07, 6.45) is 0. The van der Waals surface area contributed by atoms with E-state index in [1.807, 2.05) is 12.1 Å². The molecule has 2 saturated heterocycles. The maximum Gasteiger partial charge on any atom is 0.530 e. The molecule has 0 unspecified atom stereocenters. The third kappa shape index (κ3) is 5.18.